The van der Waals surface area contributed by atoms with Crippen LogP contribution in [0, 0.1) is 5.92 Å². The number of nitrogens with one attached hydrogen (secondary N) is 2. The van der Waals surface area contributed by atoms with Crippen LogP contribution in [-0.2, 0) is 22.6 Å². The lowest BCUT2D eigenvalue weighted by Crippen LogP contribution is -2.52. The van der Waals surface area contributed by atoms with Crippen molar-refractivity contribution in [3.8, 4) is 0 Å². The second kappa shape index (κ2) is 8.78. The fourth-order valence-electron chi connectivity index (χ4n) is 6.07. The largest absolute Gasteiger partial charge is 0.322 e. The maximum Gasteiger partial charge on any atom is 0.255 e. The predicted octanol–water partition coefficient (Wildman–Crippen LogP) is 3.33. The lowest BCUT2D eigenvalue weighted by Gasteiger charge is -2.33. The third-order valence-corrected chi connectivity index (χ3v) is 7.91. The molecule has 3 amide bonds. The van der Waals surface area contributed by atoms with Gasteiger partial charge in [-0.3, -0.25) is 19.7 Å². The van der Waals surface area contributed by atoms with Gasteiger partial charge in [-0.1, -0.05) is 18.6 Å². The Morgan fingerprint density at radius 3 is 2.61 bits per heavy atom. The van der Waals surface area contributed by atoms with Crippen LogP contribution >= 0.6 is 0 Å². The Morgan fingerprint density at radius 2 is 1.85 bits per heavy atom. The van der Waals surface area contributed by atoms with Crippen molar-refractivity contribution < 1.29 is 23.2 Å². The van der Waals surface area contributed by atoms with E-state index in [1.54, 1.807) is 4.90 Å². The summed E-state index contributed by atoms with van der Waals surface area (Å²) in [5.74, 6) is -2.89. The van der Waals surface area contributed by atoms with Gasteiger partial charge in [-0.2, -0.15) is 0 Å². The van der Waals surface area contributed by atoms with Crippen molar-refractivity contribution in [1.29, 1.82) is 0 Å². The van der Waals surface area contributed by atoms with Gasteiger partial charge < -0.3 is 10.2 Å². The molecular weight excluding hydrogens is 428 g/mol. The van der Waals surface area contributed by atoms with Gasteiger partial charge in [0.1, 0.15) is 6.04 Å². The van der Waals surface area contributed by atoms with Crippen LogP contribution in [0.5, 0.6) is 0 Å². The van der Waals surface area contributed by atoms with Crippen LogP contribution in [0.15, 0.2) is 18.2 Å². The average Bonchev–Trinajstić information content (AvgIpc) is 3.33. The van der Waals surface area contributed by atoms with Crippen LogP contribution in [0.25, 0.3) is 0 Å². The number of amides is 3. The number of nitrogens with zero attached hydrogens (tertiary/aromatic N) is 1. The molecule has 2 aliphatic heterocycles. The van der Waals surface area contributed by atoms with Crippen LogP contribution in [0.2, 0.25) is 0 Å². The van der Waals surface area contributed by atoms with E-state index in [-0.39, 0.29) is 37.1 Å². The smallest absolute Gasteiger partial charge is 0.255 e. The summed E-state index contributed by atoms with van der Waals surface area (Å²) < 4.78 is 27.0. The first-order valence-corrected chi connectivity index (χ1v) is 12.2. The molecule has 6 nitrogen and oxygen atoms in total. The summed E-state index contributed by atoms with van der Waals surface area (Å²) in [4.78, 5) is 38.2. The van der Waals surface area contributed by atoms with Crippen LogP contribution in [0.4, 0.5) is 8.78 Å². The fraction of sp³-hybridized carbons (Fsp3) is 0.640. The second-order valence-corrected chi connectivity index (χ2v) is 10.2. The van der Waals surface area contributed by atoms with E-state index in [1.807, 2.05) is 12.1 Å². The molecule has 1 unspecified atom stereocenters. The standard InChI is InChI=1S/C25H31F2N3O3/c26-25(27)10-8-18(9-11-25)28-20-3-1-2-16(20)12-15-4-5-19-17(13-15)14-30(24(19)33)21-6-7-22(31)29-23(21)32/h4-5,13,16,18,20-21,28H,1-3,6-12,14H2,(H,29,31,32)/t16-,20+,21?/m1/s1. The van der Waals surface area contributed by atoms with Gasteiger partial charge >= 0.3 is 0 Å². The van der Waals surface area contributed by atoms with Crippen molar-refractivity contribution >= 4 is 17.7 Å². The quantitative estimate of drug-likeness (QED) is 0.663. The minimum Gasteiger partial charge on any atom is -0.322 e. The van der Waals surface area contributed by atoms with Crippen LogP contribution in [-0.4, -0.2) is 46.7 Å². The molecule has 1 saturated heterocycles. The summed E-state index contributed by atoms with van der Waals surface area (Å²) >= 11 is 0. The fourth-order valence-corrected chi connectivity index (χ4v) is 6.07. The highest BCUT2D eigenvalue weighted by Crippen LogP contribution is 2.36. The monoisotopic (exact) mass is 459 g/mol. The van der Waals surface area contributed by atoms with Gasteiger partial charge in [-0.05, 0) is 61.6 Å². The van der Waals surface area contributed by atoms with Crippen molar-refractivity contribution in [3.63, 3.8) is 0 Å². The zero-order chi connectivity index (χ0) is 23.2. The summed E-state index contributed by atoms with van der Waals surface area (Å²) in [6.07, 6.45) is 5.84. The molecule has 0 spiro atoms. The molecule has 4 aliphatic rings. The average molecular weight is 460 g/mol. The molecule has 33 heavy (non-hydrogen) atoms. The number of rotatable bonds is 5. The van der Waals surface area contributed by atoms with E-state index in [1.165, 1.54) is 5.56 Å². The first kappa shape index (κ1) is 22.4. The van der Waals surface area contributed by atoms with Crippen LogP contribution in [0.1, 0.15) is 79.3 Å². The molecule has 1 aromatic carbocycles. The Morgan fingerprint density at radius 1 is 1.06 bits per heavy atom. The van der Waals surface area contributed by atoms with Gasteiger partial charge in [-0.25, -0.2) is 8.78 Å². The molecule has 2 aliphatic carbocycles. The predicted molar refractivity (Wildman–Crippen MR) is 118 cm³/mol. The number of carbonyl (C=O) groups is 3. The van der Waals surface area contributed by atoms with E-state index < -0.39 is 17.9 Å². The van der Waals surface area contributed by atoms with Gasteiger partial charge in [0.15, 0.2) is 0 Å². The Hall–Kier alpha value is -2.35. The van der Waals surface area contributed by atoms with Gasteiger partial charge in [0.05, 0.1) is 0 Å². The van der Waals surface area contributed by atoms with Crippen molar-refractivity contribution in [3.05, 3.63) is 34.9 Å². The zero-order valence-electron chi connectivity index (χ0n) is 18.7. The maximum absolute atomic E-state index is 13.5. The van der Waals surface area contributed by atoms with E-state index in [9.17, 15) is 23.2 Å². The van der Waals surface area contributed by atoms with Crippen LogP contribution < -0.4 is 10.6 Å². The molecule has 1 aromatic rings. The summed E-state index contributed by atoms with van der Waals surface area (Å²) in [5, 5.41) is 6.01. The highest BCUT2D eigenvalue weighted by atomic mass is 19.3. The van der Waals surface area contributed by atoms with Crippen molar-refractivity contribution in [2.45, 2.75) is 94.8 Å². The summed E-state index contributed by atoms with van der Waals surface area (Å²) in [6.45, 7) is 0.386. The SMILES string of the molecule is O=C1CCC(N2Cc3cc(C[C@H]4CCC[C@@H]4NC4CCC(F)(F)CC4)ccc3C2=O)C(=O)N1. The van der Waals surface area contributed by atoms with Crippen molar-refractivity contribution in [1.82, 2.24) is 15.5 Å². The Balaban J connectivity index is 1.22. The summed E-state index contributed by atoms with van der Waals surface area (Å²) in [7, 11) is 0. The molecule has 2 heterocycles. The van der Waals surface area contributed by atoms with Crippen molar-refractivity contribution in [2.24, 2.45) is 5.92 Å². The molecule has 2 N–H and O–H groups in total. The van der Waals surface area contributed by atoms with Gasteiger partial charge in [0, 0.05) is 43.5 Å². The number of hydrogen-bond acceptors (Lipinski definition) is 4. The van der Waals surface area contributed by atoms with Crippen LogP contribution in [0.3, 0.4) is 0 Å². The first-order chi connectivity index (χ1) is 15.8. The van der Waals surface area contributed by atoms with E-state index >= 15 is 0 Å². The van der Waals surface area contributed by atoms with E-state index in [0.29, 0.717) is 43.3 Å². The minimum atomic E-state index is -2.50. The highest BCUT2D eigenvalue weighted by Gasteiger charge is 2.40. The number of carbonyl (C=O) groups excluding carboxylic acids is 3. The number of alkyl halides is 2. The van der Waals surface area contributed by atoms with Gasteiger partial charge in [0.2, 0.25) is 17.7 Å². The third-order valence-electron chi connectivity index (χ3n) is 7.91. The molecule has 3 atom stereocenters. The number of fused-ring (bicyclic) bond motifs is 1. The molecule has 178 valence electrons. The van der Waals surface area contributed by atoms with E-state index in [2.05, 4.69) is 16.7 Å². The maximum atomic E-state index is 13.5. The lowest BCUT2D eigenvalue weighted by atomic mass is 9.89. The topological polar surface area (TPSA) is 78.5 Å². The number of hydrogen-bond donors (Lipinski definition) is 2. The van der Waals surface area contributed by atoms with Gasteiger partial charge in [-0.15, -0.1) is 0 Å². The highest BCUT2D eigenvalue weighted by molar-refractivity contribution is 6.05. The normalized spacial score (nSPS) is 29.9. The number of piperidine rings is 1. The molecule has 0 radical (unpaired) electrons. The number of benzene rings is 1. The Labute approximate surface area is 192 Å². The lowest BCUT2D eigenvalue weighted by molar-refractivity contribution is -0.136. The van der Waals surface area contributed by atoms with Crippen molar-refractivity contribution in [2.75, 3.05) is 0 Å². The van der Waals surface area contributed by atoms with E-state index in [0.717, 1.165) is 31.2 Å². The Kier molecular flexibility index (Phi) is 5.97. The second-order valence-electron chi connectivity index (χ2n) is 10.2. The zero-order valence-corrected chi connectivity index (χ0v) is 18.7. The molecule has 5 rings (SSSR count). The third kappa shape index (κ3) is 4.67. The number of halogens is 2. The Bertz CT molecular complexity index is 956. The first-order valence-electron chi connectivity index (χ1n) is 12.2. The molecule has 2 saturated carbocycles. The molecule has 8 heteroatoms. The molecule has 0 aromatic heterocycles. The number of imide groups is 1. The molecular formula is C25H31F2N3O3. The molecule has 3 fully saturated rings. The van der Waals surface area contributed by atoms with E-state index in [4.69, 9.17) is 0 Å². The summed E-state index contributed by atoms with van der Waals surface area (Å²) in [6, 6.07) is 5.86. The summed E-state index contributed by atoms with van der Waals surface area (Å²) in [5.41, 5.74) is 2.73. The minimum absolute atomic E-state index is 0.0232. The molecule has 0 bridgehead atoms. The van der Waals surface area contributed by atoms with Gasteiger partial charge in [0.25, 0.3) is 5.91 Å².